The van der Waals surface area contributed by atoms with Gasteiger partial charge in [-0.05, 0) is 12.1 Å². The summed E-state index contributed by atoms with van der Waals surface area (Å²) in [6, 6.07) is 5.24. The van der Waals surface area contributed by atoms with Crippen LogP contribution in [-0.4, -0.2) is 24.8 Å². The lowest BCUT2D eigenvalue weighted by Crippen LogP contribution is -2.00. The average molecular weight is 313 g/mol. The number of halogens is 1. The maximum Gasteiger partial charge on any atom is 0.328 e. The first-order valence-electron chi connectivity index (χ1n) is 5.08. The van der Waals surface area contributed by atoms with E-state index in [9.17, 15) is 4.79 Å². The van der Waals surface area contributed by atoms with Crippen molar-refractivity contribution in [1.29, 1.82) is 0 Å². The second kappa shape index (κ2) is 6.86. The van der Waals surface area contributed by atoms with Crippen LogP contribution in [0, 0.1) is 0 Å². The van der Waals surface area contributed by atoms with Gasteiger partial charge in [0.15, 0.2) is 11.5 Å². The highest BCUT2D eigenvalue weighted by atomic mass is 79.9. The fraction of sp³-hybridized carbons (Fsp3) is 0.154. The Morgan fingerprint density at radius 1 is 1.56 bits per heavy atom. The van der Waals surface area contributed by atoms with E-state index in [4.69, 9.17) is 14.6 Å². The first-order valence-corrected chi connectivity index (χ1v) is 5.88. The second-order valence-corrected chi connectivity index (χ2v) is 4.48. The third-order valence-corrected chi connectivity index (χ3v) is 2.24. The van der Waals surface area contributed by atoms with Crippen molar-refractivity contribution in [2.75, 3.05) is 13.7 Å². The summed E-state index contributed by atoms with van der Waals surface area (Å²) >= 11 is 3.19. The smallest absolute Gasteiger partial charge is 0.328 e. The van der Waals surface area contributed by atoms with Gasteiger partial charge in [0.25, 0.3) is 0 Å². The first-order chi connectivity index (χ1) is 8.54. The van der Waals surface area contributed by atoms with Crippen LogP contribution < -0.4 is 9.47 Å². The van der Waals surface area contributed by atoms with Gasteiger partial charge in [0, 0.05) is 16.1 Å². The first kappa shape index (κ1) is 14.3. The van der Waals surface area contributed by atoms with E-state index < -0.39 is 5.97 Å². The van der Waals surface area contributed by atoms with E-state index in [1.807, 2.05) is 0 Å². The van der Waals surface area contributed by atoms with Crippen LogP contribution in [-0.2, 0) is 4.79 Å². The number of hydrogen-bond acceptors (Lipinski definition) is 3. The number of methoxy groups -OCH3 is 1. The number of ether oxygens (including phenoxy) is 2. The van der Waals surface area contributed by atoms with E-state index >= 15 is 0 Å². The van der Waals surface area contributed by atoms with Crippen molar-refractivity contribution in [3.63, 3.8) is 0 Å². The summed E-state index contributed by atoms with van der Waals surface area (Å²) in [5, 5.41) is 8.63. The molecule has 0 heterocycles. The molecule has 5 heteroatoms. The lowest BCUT2D eigenvalue weighted by molar-refractivity contribution is -0.131. The van der Waals surface area contributed by atoms with Gasteiger partial charge in [0.2, 0.25) is 0 Å². The zero-order valence-electron chi connectivity index (χ0n) is 9.85. The minimum atomic E-state index is -1.02. The molecule has 1 aromatic rings. The van der Waals surface area contributed by atoms with Gasteiger partial charge in [-0.15, -0.1) is 0 Å². The van der Waals surface area contributed by atoms with Gasteiger partial charge < -0.3 is 14.6 Å². The summed E-state index contributed by atoms with van der Waals surface area (Å²) in [6.45, 7) is 3.94. The van der Waals surface area contributed by atoms with E-state index in [0.29, 0.717) is 21.5 Å². The number of carboxylic acid groups (broad SMARTS) is 1. The highest BCUT2D eigenvalue weighted by molar-refractivity contribution is 9.11. The zero-order chi connectivity index (χ0) is 13.5. The quantitative estimate of drug-likeness (QED) is 0.820. The minimum Gasteiger partial charge on any atom is -0.493 e. The van der Waals surface area contributed by atoms with E-state index in [1.165, 1.54) is 13.2 Å². The zero-order valence-corrected chi connectivity index (χ0v) is 11.4. The molecular weight excluding hydrogens is 300 g/mol. The maximum absolute atomic E-state index is 10.5. The van der Waals surface area contributed by atoms with Gasteiger partial charge in [0.1, 0.15) is 6.61 Å². The summed E-state index contributed by atoms with van der Waals surface area (Å²) in [5.74, 6) is 0.00283. The molecule has 0 saturated carbocycles. The number of carbonyl (C=O) groups is 1. The summed E-state index contributed by atoms with van der Waals surface area (Å²) in [6.07, 6.45) is 2.50. The van der Waals surface area contributed by atoms with E-state index in [1.54, 1.807) is 18.2 Å². The molecule has 4 nitrogen and oxygen atoms in total. The van der Waals surface area contributed by atoms with Crippen LogP contribution in [0.5, 0.6) is 11.5 Å². The Morgan fingerprint density at radius 3 is 2.83 bits per heavy atom. The van der Waals surface area contributed by atoms with Crippen molar-refractivity contribution in [2.45, 2.75) is 0 Å². The SMILES string of the molecule is C=C(Br)COc1c(/C=C/C(=O)O)cccc1OC. The number of carboxylic acids is 1. The molecule has 0 spiro atoms. The van der Waals surface area contributed by atoms with Crippen LogP contribution in [0.3, 0.4) is 0 Å². The molecule has 1 N–H and O–H groups in total. The van der Waals surface area contributed by atoms with Crippen molar-refractivity contribution in [2.24, 2.45) is 0 Å². The fourth-order valence-corrected chi connectivity index (χ4v) is 1.41. The molecule has 0 fully saturated rings. The van der Waals surface area contributed by atoms with Crippen molar-refractivity contribution < 1.29 is 19.4 Å². The predicted octanol–water partition coefficient (Wildman–Crippen LogP) is 3.08. The van der Waals surface area contributed by atoms with Crippen molar-refractivity contribution in [1.82, 2.24) is 0 Å². The summed E-state index contributed by atoms with van der Waals surface area (Å²) in [5.41, 5.74) is 0.630. The Balaban J connectivity index is 3.07. The molecule has 96 valence electrons. The van der Waals surface area contributed by atoms with Crippen LogP contribution in [0.1, 0.15) is 5.56 Å². The Hall–Kier alpha value is -1.75. The summed E-state index contributed by atoms with van der Waals surface area (Å²) < 4.78 is 11.4. The number of benzene rings is 1. The Labute approximate surface area is 114 Å². The molecule has 0 aliphatic rings. The normalized spacial score (nSPS) is 10.3. The molecular formula is C13H13BrO4. The fourth-order valence-electron chi connectivity index (χ4n) is 1.29. The Morgan fingerprint density at radius 2 is 2.28 bits per heavy atom. The molecule has 0 atom stereocenters. The van der Waals surface area contributed by atoms with Crippen LogP contribution >= 0.6 is 15.9 Å². The molecule has 0 unspecified atom stereocenters. The third-order valence-electron chi connectivity index (χ3n) is 2.01. The summed E-state index contributed by atoms with van der Waals surface area (Å²) in [4.78, 5) is 10.5. The van der Waals surface area contributed by atoms with E-state index in [-0.39, 0.29) is 6.61 Å². The minimum absolute atomic E-state index is 0.272. The van der Waals surface area contributed by atoms with E-state index in [0.717, 1.165) is 6.08 Å². The molecule has 0 radical (unpaired) electrons. The predicted molar refractivity (Wildman–Crippen MR) is 73.2 cm³/mol. The van der Waals surface area contributed by atoms with Crippen LogP contribution in [0.4, 0.5) is 0 Å². The van der Waals surface area contributed by atoms with Crippen molar-refractivity contribution >= 4 is 28.0 Å². The topological polar surface area (TPSA) is 55.8 Å². The van der Waals surface area contributed by atoms with Crippen LogP contribution in [0.2, 0.25) is 0 Å². The monoisotopic (exact) mass is 312 g/mol. The molecule has 0 aromatic heterocycles. The maximum atomic E-state index is 10.5. The number of rotatable bonds is 6. The van der Waals surface area contributed by atoms with Crippen molar-refractivity contribution in [3.05, 3.63) is 40.9 Å². The number of hydrogen-bond donors (Lipinski definition) is 1. The van der Waals surface area contributed by atoms with Gasteiger partial charge in [-0.1, -0.05) is 34.6 Å². The van der Waals surface area contributed by atoms with Gasteiger partial charge in [-0.25, -0.2) is 4.79 Å². The van der Waals surface area contributed by atoms with Crippen LogP contribution in [0.15, 0.2) is 35.3 Å². The van der Waals surface area contributed by atoms with E-state index in [2.05, 4.69) is 22.5 Å². The van der Waals surface area contributed by atoms with Crippen molar-refractivity contribution in [3.8, 4) is 11.5 Å². The Bertz CT molecular complexity index is 480. The molecule has 0 amide bonds. The van der Waals surface area contributed by atoms with Gasteiger partial charge >= 0.3 is 5.97 Å². The summed E-state index contributed by atoms with van der Waals surface area (Å²) in [7, 11) is 1.52. The molecule has 1 rings (SSSR count). The highest BCUT2D eigenvalue weighted by Crippen LogP contribution is 2.32. The Kier molecular flexibility index (Phi) is 5.45. The van der Waals surface area contributed by atoms with Gasteiger partial charge in [0.05, 0.1) is 7.11 Å². The lowest BCUT2D eigenvalue weighted by Gasteiger charge is -2.12. The highest BCUT2D eigenvalue weighted by Gasteiger charge is 2.09. The lowest BCUT2D eigenvalue weighted by atomic mass is 10.1. The van der Waals surface area contributed by atoms with Gasteiger partial charge in [-0.3, -0.25) is 0 Å². The van der Waals surface area contributed by atoms with Gasteiger partial charge in [-0.2, -0.15) is 0 Å². The molecule has 0 saturated heterocycles. The largest absolute Gasteiger partial charge is 0.493 e. The number of aliphatic carboxylic acids is 1. The third kappa shape index (κ3) is 4.25. The molecule has 1 aromatic carbocycles. The second-order valence-electron chi connectivity index (χ2n) is 3.36. The van der Waals surface area contributed by atoms with Crippen LogP contribution in [0.25, 0.3) is 6.08 Å². The molecule has 18 heavy (non-hydrogen) atoms. The molecule has 0 aliphatic carbocycles. The number of para-hydroxylation sites is 1. The standard InChI is InChI=1S/C13H13BrO4/c1-9(14)8-18-13-10(6-7-12(15)16)4-3-5-11(13)17-2/h3-7H,1,8H2,2H3,(H,15,16)/b7-6+. The molecule has 0 aliphatic heterocycles. The molecule has 0 bridgehead atoms. The average Bonchev–Trinajstić information content (AvgIpc) is 2.33.